The largest absolute Gasteiger partial charge is 0.0888 e. The lowest BCUT2D eigenvalue weighted by Gasteiger charge is -2.09. The highest BCUT2D eigenvalue weighted by atomic mass is 14.1. The number of hydrogen-bond donors (Lipinski definition) is 0. The van der Waals surface area contributed by atoms with Gasteiger partial charge in [-0.05, 0) is 18.8 Å². The summed E-state index contributed by atoms with van der Waals surface area (Å²) in [4.78, 5) is 0. The molecule has 0 saturated heterocycles. The Morgan fingerprint density at radius 3 is 2.27 bits per heavy atom. The molecule has 0 aliphatic heterocycles. The molecule has 0 nitrogen and oxygen atoms in total. The van der Waals surface area contributed by atoms with Crippen molar-refractivity contribution in [2.75, 3.05) is 0 Å². The molecular weight excluding hydrogens is 132 g/mol. The van der Waals surface area contributed by atoms with Crippen LogP contribution in [0.4, 0.5) is 0 Å². The van der Waals surface area contributed by atoms with Crippen molar-refractivity contribution in [2.24, 2.45) is 5.92 Å². The standard InChI is InChI=1S/C11H22/c1-4-7-8-10-11(6-3)9-5-2/h7-8,11H,4-6,9-10H2,1-3H3/b8-7-. The van der Waals surface area contributed by atoms with Gasteiger partial charge in [0.2, 0.25) is 0 Å². The van der Waals surface area contributed by atoms with E-state index in [0.717, 1.165) is 5.92 Å². The molecule has 0 bridgehead atoms. The van der Waals surface area contributed by atoms with Crippen molar-refractivity contribution in [3.8, 4) is 0 Å². The molecule has 0 N–H and O–H groups in total. The highest BCUT2D eigenvalue weighted by Gasteiger charge is 2.00. The fourth-order valence-electron chi connectivity index (χ4n) is 1.35. The maximum absolute atomic E-state index is 2.34. The summed E-state index contributed by atoms with van der Waals surface area (Å²) in [6.07, 6.45) is 11.1. The third kappa shape index (κ3) is 6.15. The van der Waals surface area contributed by atoms with Gasteiger partial charge < -0.3 is 0 Å². The predicted molar refractivity (Wildman–Crippen MR) is 52.7 cm³/mol. The molecule has 0 radical (unpaired) electrons. The minimum absolute atomic E-state index is 0.933. The molecule has 1 atom stereocenters. The van der Waals surface area contributed by atoms with Crippen LogP contribution in [-0.4, -0.2) is 0 Å². The first-order chi connectivity index (χ1) is 5.35. The van der Waals surface area contributed by atoms with Gasteiger partial charge in [-0.25, -0.2) is 0 Å². The van der Waals surface area contributed by atoms with E-state index in [9.17, 15) is 0 Å². The topological polar surface area (TPSA) is 0 Å². The SMILES string of the molecule is CC/C=C\CC(CC)CCC. The number of allylic oxidation sites excluding steroid dienone is 2. The molecule has 0 aliphatic carbocycles. The summed E-state index contributed by atoms with van der Waals surface area (Å²) < 4.78 is 0. The molecule has 0 aromatic rings. The fraction of sp³-hybridized carbons (Fsp3) is 0.818. The minimum atomic E-state index is 0.933. The van der Waals surface area contributed by atoms with E-state index in [-0.39, 0.29) is 0 Å². The van der Waals surface area contributed by atoms with Crippen LogP contribution in [0.2, 0.25) is 0 Å². The molecule has 0 saturated carbocycles. The zero-order chi connectivity index (χ0) is 8.53. The van der Waals surface area contributed by atoms with Gasteiger partial charge in [-0.2, -0.15) is 0 Å². The maximum atomic E-state index is 2.34. The second kappa shape index (κ2) is 7.84. The van der Waals surface area contributed by atoms with E-state index in [1.165, 1.54) is 32.1 Å². The van der Waals surface area contributed by atoms with Gasteiger partial charge in [-0.1, -0.05) is 52.2 Å². The van der Waals surface area contributed by atoms with E-state index >= 15 is 0 Å². The van der Waals surface area contributed by atoms with Crippen molar-refractivity contribution in [3.63, 3.8) is 0 Å². The van der Waals surface area contributed by atoms with E-state index in [4.69, 9.17) is 0 Å². The second-order valence-corrected chi connectivity index (χ2v) is 3.18. The second-order valence-electron chi connectivity index (χ2n) is 3.18. The Hall–Kier alpha value is -0.260. The van der Waals surface area contributed by atoms with Crippen LogP contribution in [0.25, 0.3) is 0 Å². The molecule has 0 amide bonds. The van der Waals surface area contributed by atoms with Crippen molar-refractivity contribution < 1.29 is 0 Å². The van der Waals surface area contributed by atoms with Crippen LogP contribution in [-0.2, 0) is 0 Å². The molecule has 1 unspecified atom stereocenters. The van der Waals surface area contributed by atoms with Crippen LogP contribution in [0.5, 0.6) is 0 Å². The molecule has 0 aromatic carbocycles. The summed E-state index contributed by atoms with van der Waals surface area (Å²) >= 11 is 0. The first-order valence-electron chi connectivity index (χ1n) is 5.00. The highest BCUT2D eigenvalue weighted by molar-refractivity contribution is 4.82. The Balaban J connectivity index is 3.42. The van der Waals surface area contributed by atoms with Crippen LogP contribution in [0, 0.1) is 5.92 Å². The lowest BCUT2D eigenvalue weighted by molar-refractivity contribution is 0.470. The summed E-state index contributed by atoms with van der Waals surface area (Å²) in [5, 5.41) is 0. The van der Waals surface area contributed by atoms with Crippen LogP contribution in [0.15, 0.2) is 12.2 Å². The molecule has 11 heavy (non-hydrogen) atoms. The monoisotopic (exact) mass is 154 g/mol. The van der Waals surface area contributed by atoms with Gasteiger partial charge in [0, 0.05) is 0 Å². The van der Waals surface area contributed by atoms with Crippen molar-refractivity contribution in [1.82, 2.24) is 0 Å². The number of rotatable bonds is 6. The Morgan fingerprint density at radius 1 is 1.09 bits per heavy atom. The van der Waals surface area contributed by atoms with Gasteiger partial charge in [0.15, 0.2) is 0 Å². The third-order valence-corrected chi connectivity index (χ3v) is 2.15. The Bertz CT molecular complexity index is 92.2. The maximum Gasteiger partial charge on any atom is -0.0322 e. The van der Waals surface area contributed by atoms with E-state index < -0.39 is 0 Å². The number of hydrogen-bond acceptors (Lipinski definition) is 0. The molecule has 0 aromatic heterocycles. The van der Waals surface area contributed by atoms with Gasteiger partial charge in [0.1, 0.15) is 0 Å². The van der Waals surface area contributed by atoms with E-state index in [0.29, 0.717) is 0 Å². The highest BCUT2D eigenvalue weighted by Crippen LogP contribution is 2.15. The van der Waals surface area contributed by atoms with E-state index in [1.807, 2.05) is 0 Å². The van der Waals surface area contributed by atoms with Crippen LogP contribution < -0.4 is 0 Å². The summed E-state index contributed by atoms with van der Waals surface area (Å²) in [6, 6.07) is 0. The average Bonchev–Trinajstić information content (AvgIpc) is 2.03. The lowest BCUT2D eigenvalue weighted by atomic mass is 9.97. The van der Waals surface area contributed by atoms with E-state index in [2.05, 4.69) is 32.9 Å². The van der Waals surface area contributed by atoms with Crippen molar-refractivity contribution in [2.45, 2.75) is 52.9 Å². The summed E-state index contributed by atoms with van der Waals surface area (Å²) in [7, 11) is 0. The molecule has 0 heteroatoms. The smallest absolute Gasteiger partial charge is 0.0322 e. The summed E-state index contributed by atoms with van der Waals surface area (Å²) in [5.74, 6) is 0.933. The van der Waals surface area contributed by atoms with Crippen molar-refractivity contribution in [1.29, 1.82) is 0 Å². The molecule has 0 rings (SSSR count). The Morgan fingerprint density at radius 2 is 1.82 bits per heavy atom. The zero-order valence-electron chi connectivity index (χ0n) is 8.27. The van der Waals surface area contributed by atoms with Crippen LogP contribution >= 0.6 is 0 Å². The minimum Gasteiger partial charge on any atom is -0.0888 e. The summed E-state index contributed by atoms with van der Waals surface area (Å²) in [5.41, 5.74) is 0. The van der Waals surface area contributed by atoms with Gasteiger partial charge in [0.25, 0.3) is 0 Å². The predicted octanol–water partition coefficient (Wildman–Crippen LogP) is 4.17. The van der Waals surface area contributed by atoms with Gasteiger partial charge in [0.05, 0.1) is 0 Å². The quantitative estimate of drug-likeness (QED) is 0.504. The molecule has 0 spiro atoms. The van der Waals surface area contributed by atoms with Crippen molar-refractivity contribution >= 4 is 0 Å². The first kappa shape index (κ1) is 10.7. The molecule has 0 heterocycles. The normalized spacial score (nSPS) is 14.1. The lowest BCUT2D eigenvalue weighted by Crippen LogP contribution is -1.95. The van der Waals surface area contributed by atoms with Crippen LogP contribution in [0.1, 0.15) is 52.9 Å². The first-order valence-corrected chi connectivity index (χ1v) is 5.00. The molecule has 66 valence electrons. The van der Waals surface area contributed by atoms with E-state index in [1.54, 1.807) is 0 Å². The average molecular weight is 154 g/mol. The van der Waals surface area contributed by atoms with Gasteiger partial charge in [-0.3, -0.25) is 0 Å². The molecule has 0 aliphatic rings. The van der Waals surface area contributed by atoms with Gasteiger partial charge in [-0.15, -0.1) is 0 Å². The van der Waals surface area contributed by atoms with Crippen LogP contribution in [0.3, 0.4) is 0 Å². The molecule has 0 fully saturated rings. The van der Waals surface area contributed by atoms with Crippen molar-refractivity contribution in [3.05, 3.63) is 12.2 Å². The summed E-state index contributed by atoms with van der Waals surface area (Å²) in [6.45, 7) is 6.75. The fourth-order valence-corrected chi connectivity index (χ4v) is 1.35. The Kier molecular flexibility index (Phi) is 7.66. The third-order valence-electron chi connectivity index (χ3n) is 2.15. The molecular formula is C11H22. The zero-order valence-corrected chi connectivity index (χ0v) is 8.27. The Labute approximate surface area is 71.7 Å². The van der Waals surface area contributed by atoms with Gasteiger partial charge >= 0.3 is 0 Å².